The number of carboxylic acids is 1. The second-order valence-electron chi connectivity index (χ2n) is 6.27. The van der Waals surface area contributed by atoms with E-state index < -0.39 is 17.9 Å². The minimum Gasteiger partial charge on any atom is -0.496 e. The maximum absolute atomic E-state index is 12.7. The van der Waals surface area contributed by atoms with Gasteiger partial charge >= 0.3 is 5.97 Å². The van der Waals surface area contributed by atoms with E-state index in [4.69, 9.17) is 4.74 Å². The highest BCUT2D eigenvalue weighted by atomic mass is 16.5. The molecule has 1 amide bonds. The van der Waals surface area contributed by atoms with E-state index in [9.17, 15) is 14.7 Å². The van der Waals surface area contributed by atoms with Gasteiger partial charge in [0, 0.05) is 17.7 Å². The number of ether oxygens (including phenoxy) is 1. The van der Waals surface area contributed by atoms with Crippen LogP contribution in [0.4, 0.5) is 5.69 Å². The quantitative estimate of drug-likeness (QED) is 0.925. The number of anilines is 1. The number of benzene rings is 2. The van der Waals surface area contributed by atoms with E-state index in [1.54, 1.807) is 18.1 Å². The van der Waals surface area contributed by atoms with Crippen molar-refractivity contribution >= 4 is 17.6 Å². The average Bonchev–Trinajstić information content (AvgIpc) is 2.62. The molecule has 5 nitrogen and oxygen atoms in total. The van der Waals surface area contributed by atoms with Crippen LogP contribution in [0, 0.1) is 12.8 Å². The van der Waals surface area contributed by atoms with Crippen molar-refractivity contribution < 1.29 is 19.4 Å². The minimum atomic E-state index is -0.902. The summed E-state index contributed by atoms with van der Waals surface area (Å²) < 4.78 is 5.43. The zero-order valence-corrected chi connectivity index (χ0v) is 14.3. The Balaban J connectivity index is 2.15. The Morgan fingerprint density at radius 1 is 1.16 bits per heavy atom. The molecule has 0 radical (unpaired) electrons. The number of amides is 1. The minimum absolute atomic E-state index is 0.0720. The Labute approximate surface area is 146 Å². The van der Waals surface area contributed by atoms with E-state index in [0.29, 0.717) is 23.4 Å². The molecule has 1 saturated heterocycles. The summed E-state index contributed by atoms with van der Waals surface area (Å²) in [6.45, 7) is 1.97. The Kier molecular flexibility index (Phi) is 4.74. The van der Waals surface area contributed by atoms with Crippen molar-refractivity contribution in [2.24, 2.45) is 5.92 Å². The molecule has 25 heavy (non-hydrogen) atoms. The first-order valence-corrected chi connectivity index (χ1v) is 8.27. The highest BCUT2D eigenvalue weighted by Gasteiger charge is 2.42. The molecule has 2 aromatic rings. The predicted octanol–water partition coefficient (Wildman–Crippen LogP) is 3.57. The van der Waals surface area contributed by atoms with Gasteiger partial charge in [-0.25, -0.2) is 0 Å². The van der Waals surface area contributed by atoms with Gasteiger partial charge in [0.15, 0.2) is 0 Å². The van der Waals surface area contributed by atoms with Crippen molar-refractivity contribution in [3.8, 4) is 5.75 Å². The molecular formula is C20H21NO4. The Morgan fingerprint density at radius 2 is 1.84 bits per heavy atom. The molecule has 1 aliphatic heterocycles. The Morgan fingerprint density at radius 3 is 2.48 bits per heavy atom. The van der Waals surface area contributed by atoms with Gasteiger partial charge in [0.1, 0.15) is 5.75 Å². The fourth-order valence-electron chi connectivity index (χ4n) is 3.43. The van der Waals surface area contributed by atoms with Gasteiger partial charge in [-0.05, 0) is 31.5 Å². The van der Waals surface area contributed by atoms with Crippen LogP contribution in [-0.4, -0.2) is 24.1 Å². The predicted molar refractivity (Wildman–Crippen MR) is 94.8 cm³/mol. The number of hydrogen-bond acceptors (Lipinski definition) is 3. The van der Waals surface area contributed by atoms with Crippen molar-refractivity contribution in [2.75, 3.05) is 12.0 Å². The molecule has 0 bridgehead atoms. The molecule has 0 unspecified atom stereocenters. The normalized spacial score (nSPS) is 20.4. The lowest BCUT2D eigenvalue weighted by atomic mass is 9.83. The first-order chi connectivity index (χ1) is 12.0. The van der Waals surface area contributed by atoms with Crippen LogP contribution >= 0.6 is 0 Å². The van der Waals surface area contributed by atoms with Gasteiger partial charge in [-0.15, -0.1) is 0 Å². The van der Waals surface area contributed by atoms with Gasteiger partial charge in [0.05, 0.1) is 19.1 Å². The molecule has 1 fully saturated rings. The van der Waals surface area contributed by atoms with Crippen LogP contribution in [0.1, 0.15) is 30.0 Å². The molecule has 2 aromatic carbocycles. The molecule has 1 N–H and O–H groups in total. The fraction of sp³-hybridized carbons (Fsp3) is 0.300. The second-order valence-corrected chi connectivity index (χ2v) is 6.27. The molecule has 5 heteroatoms. The third-order valence-electron chi connectivity index (χ3n) is 4.68. The number of carbonyl (C=O) groups is 2. The first kappa shape index (κ1) is 17.0. The van der Waals surface area contributed by atoms with Crippen LogP contribution in [0.2, 0.25) is 0 Å². The van der Waals surface area contributed by atoms with Gasteiger partial charge in [-0.1, -0.05) is 35.9 Å². The lowest BCUT2D eigenvalue weighted by Gasteiger charge is -2.40. The standard InChI is InChI=1S/C20H21NO4/c1-13-7-9-14(10-8-13)21-18(22)12-11-16(20(23)24)19(21)15-5-3-4-6-17(15)25-2/h3-10,16,19H,11-12H2,1-2H3,(H,23,24)/t16-,19-/m1/s1. The van der Waals surface area contributed by atoms with E-state index in [-0.39, 0.29) is 12.3 Å². The molecule has 0 saturated carbocycles. The maximum Gasteiger partial charge on any atom is 0.308 e. The maximum atomic E-state index is 12.7. The zero-order valence-electron chi connectivity index (χ0n) is 14.3. The number of hydrogen-bond donors (Lipinski definition) is 1. The van der Waals surface area contributed by atoms with Crippen molar-refractivity contribution in [3.63, 3.8) is 0 Å². The number of methoxy groups -OCH3 is 1. The number of para-hydroxylation sites is 1. The van der Waals surface area contributed by atoms with Gasteiger partial charge in [-0.3, -0.25) is 9.59 Å². The molecule has 2 atom stereocenters. The molecule has 130 valence electrons. The van der Waals surface area contributed by atoms with E-state index in [1.165, 1.54) is 0 Å². The van der Waals surface area contributed by atoms with Crippen LogP contribution < -0.4 is 9.64 Å². The summed E-state index contributed by atoms with van der Waals surface area (Å²) >= 11 is 0. The third kappa shape index (κ3) is 3.22. The van der Waals surface area contributed by atoms with Crippen LogP contribution in [0.5, 0.6) is 5.75 Å². The number of nitrogens with zero attached hydrogens (tertiary/aromatic N) is 1. The number of carboxylic acid groups (broad SMARTS) is 1. The van der Waals surface area contributed by atoms with E-state index in [1.807, 2.05) is 49.4 Å². The second kappa shape index (κ2) is 6.97. The molecule has 0 spiro atoms. The summed E-state index contributed by atoms with van der Waals surface area (Å²) in [6, 6.07) is 14.3. The van der Waals surface area contributed by atoms with E-state index in [0.717, 1.165) is 5.56 Å². The average molecular weight is 339 g/mol. The fourth-order valence-corrected chi connectivity index (χ4v) is 3.43. The van der Waals surface area contributed by atoms with E-state index >= 15 is 0 Å². The number of rotatable bonds is 4. The van der Waals surface area contributed by atoms with E-state index in [2.05, 4.69) is 0 Å². The lowest BCUT2D eigenvalue weighted by Crippen LogP contribution is -2.45. The molecule has 0 aromatic heterocycles. The molecule has 3 rings (SSSR count). The molecular weight excluding hydrogens is 318 g/mol. The summed E-state index contributed by atoms with van der Waals surface area (Å²) in [5, 5.41) is 9.75. The van der Waals surface area contributed by atoms with Gasteiger partial charge in [0.2, 0.25) is 5.91 Å². The monoisotopic (exact) mass is 339 g/mol. The van der Waals surface area contributed by atoms with Crippen LogP contribution in [0.3, 0.4) is 0 Å². The Bertz CT molecular complexity index is 785. The highest BCUT2D eigenvalue weighted by molar-refractivity contribution is 5.97. The summed E-state index contributed by atoms with van der Waals surface area (Å²) in [6.07, 6.45) is 0.537. The van der Waals surface area contributed by atoms with Crippen molar-refractivity contribution in [3.05, 3.63) is 59.7 Å². The highest BCUT2D eigenvalue weighted by Crippen LogP contribution is 2.43. The first-order valence-electron chi connectivity index (χ1n) is 8.27. The van der Waals surface area contributed by atoms with Crippen molar-refractivity contribution in [1.29, 1.82) is 0 Å². The van der Waals surface area contributed by atoms with Crippen LogP contribution in [0.25, 0.3) is 0 Å². The zero-order chi connectivity index (χ0) is 18.0. The molecule has 1 heterocycles. The molecule has 1 aliphatic rings. The smallest absolute Gasteiger partial charge is 0.308 e. The third-order valence-corrected chi connectivity index (χ3v) is 4.68. The van der Waals surface area contributed by atoms with Crippen molar-refractivity contribution in [2.45, 2.75) is 25.8 Å². The SMILES string of the molecule is COc1ccccc1[C@@H]1[C@H](C(=O)O)CCC(=O)N1c1ccc(C)cc1. The summed E-state index contributed by atoms with van der Waals surface area (Å²) in [4.78, 5) is 26.2. The largest absolute Gasteiger partial charge is 0.496 e. The van der Waals surface area contributed by atoms with Gasteiger partial charge in [-0.2, -0.15) is 0 Å². The topological polar surface area (TPSA) is 66.8 Å². The van der Waals surface area contributed by atoms with Crippen molar-refractivity contribution in [1.82, 2.24) is 0 Å². The number of carbonyl (C=O) groups excluding carboxylic acids is 1. The Hall–Kier alpha value is -2.82. The van der Waals surface area contributed by atoms with Crippen LogP contribution in [-0.2, 0) is 9.59 Å². The summed E-state index contributed by atoms with van der Waals surface area (Å²) in [5.41, 5.74) is 2.50. The van der Waals surface area contributed by atoms with Gasteiger partial charge < -0.3 is 14.7 Å². The molecule has 0 aliphatic carbocycles. The van der Waals surface area contributed by atoms with Crippen LogP contribution in [0.15, 0.2) is 48.5 Å². The number of aliphatic carboxylic acids is 1. The summed E-state index contributed by atoms with van der Waals surface area (Å²) in [7, 11) is 1.55. The number of piperidine rings is 1. The number of aryl methyl sites for hydroxylation is 1. The lowest BCUT2D eigenvalue weighted by molar-refractivity contribution is -0.144. The van der Waals surface area contributed by atoms with Gasteiger partial charge in [0.25, 0.3) is 0 Å². The summed E-state index contributed by atoms with van der Waals surface area (Å²) in [5.74, 6) is -1.07.